The second kappa shape index (κ2) is 8.81. The van der Waals surface area contributed by atoms with Crippen molar-refractivity contribution < 1.29 is 4.74 Å². The van der Waals surface area contributed by atoms with Gasteiger partial charge in [0.05, 0.1) is 18.4 Å². The fourth-order valence-electron chi connectivity index (χ4n) is 2.75. The number of aryl methyl sites for hydroxylation is 2. The van der Waals surface area contributed by atoms with Crippen molar-refractivity contribution >= 4 is 11.8 Å². The third-order valence-corrected chi connectivity index (χ3v) is 4.97. The summed E-state index contributed by atoms with van der Waals surface area (Å²) in [6, 6.07) is 2.66. The van der Waals surface area contributed by atoms with Gasteiger partial charge < -0.3 is 10.1 Å². The molecule has 0 saturated carbocycles. The number of ether oxygens (including phenoxy) is 1. The number of hydrogen-bond donors (Lipinski definition) is 1. The summed E-state index contributed by atoms with van der Waals surface area (Å²) in [5.41, 5.74) is 2.53. The molecule has 1 fully saturated rings. The van der Waals surface area contributed by atoms with Crippen LogP contribution in [0.3, 0.4) is 0 Å². The highest BCUT2D eigenvalue weighted by atomic mass is 32.2. The van der Waals surface area contributed by atoms with Gasteiger partial charge >= 0.3 is 0 Å². The molecule has 1 aliphatic rings. The molecule has 1 N–H and O–H groups in total. The minimum absolute atomic E-state index is 0.320. The first-order chi connectivity index (χ1) is 10.3. The molecule has 2 rings (SSSR count). The molecular weight excluding hydrogens is 282 g/mol. The monoisotopic (exact) mass is 311 g/mol. The van der Waals surface area contributed by atoms with Crippen molar-refractivity contribution in [3.05, 3.63) is 17.5 Å². The van der Waals surface area contributed by atoms with Gasteiger partial charge in [-0.1, -0.05) is 13.8 Å². The highest BCUT2D eigenvalue weighted by Gasteiger charge is 2.25. The summed E-state index contributed by atoms with van der Waals surface area (Å²) < 4.78 is 8.15. The Hall–Kier alpha value is -0.520. The standard InChI is InChI=1S/C16H29N3OS/c1-4-7-17-15(16-12-21-9-8-20-16)11-14-10-13(5-2)18-19(14)6-3/h10,15-17H,4-9,11-12H2,1-3H3. The van der Waals surface area contributed by atoms with E-state index in [0.717, 1.165) is 50.5 Å². The molecule has 1 aromatic rings. The summed E-state index contributed by atoms with van der Waals surface area (Å²) in [5.74, 6) is 2.23. The normalized spacial score (nSPS) is 20.6. The molecule has 0 amide bonds. The third kappa shape index (κ3) is 4.73. The molecule has 0 bridgehead atoms. The molecule has 0 radical (unpaired) electrons. The zero-order valence-electron chi connectivity index (χ0n) is 13.6. The van der Waals surface area contributed by atoms with Gasteiger partial charge in [0.2, 0.25) is 0 Å². The van der Waals surface area contributed by atoms with Crippen LogP contribution in [0.2, 0.25) is 0 Å². The summed E-state index contributed by atoms with van der Waals surface area (Å²) in [7, 11) is 0. The van der Waals surface area contributed by atoms with E-state index in [0.29, 0.717) is 12.1 Å². The second-order valence-corrected chi connectivity index (χ2v) is 6.70. The van der Waals surface area contributed by atoms with Crippen LogP contribution >= 0.6 is 11.8 Å². The molecule has 0 aromatic carbocycles. The summed E-state index contributed by atoms with van der Waals surface area (Å²) in [5, 5.41) is 8.36. The molecule has 1 aromatic heterocycles. The van der Waals surface area contributed by atoms with Crippen molar-refractivity contribution in [3.8, 4) is 0 Å². The van der Waals surface area contributed by atoms with E-state index < -0.39 is 0 Å². The van der Waals surface area contributed by atoms with E-state index in [2.05, 4.69) is 41.9 Å². The third-order valence-electron chi connectivity index (χ3n) is 3.95. The Labute approximate surface area is 133 Å². The molecule has 2 heterocycles. The lowest BCUT2D eigenvalue weighted by atomic mass is 10.1. The van der Waals surface area contributed by atoms with Crippen LogP contribution in [0.5, 0.6) is 0 Å². The first-order valence-corrected chi connectivity index (χ1v) is 9.42. The van der Waals surface area contributed by atoms with E-state index in [1.165, 1.54) is 11.4 Å². The first kappa shape index (κ1) is 16.8. The van der Waals surface area contributed by atoms with Crippen LogP contribution in [0.4, 0.5) is 0 Å². The number of nitrogens with zero attached hydrogens (tertiary/aromatic N) is 2. The molecule has 1 saturated heterocycles. The van der Waals surface area contributed by atoms with Gasteiger partial charge in [-0.25, -0.2) is 0 Å². The van der Waals surface area contributed by atoms with Gasteiger partial charge in [-0.3, -0.25) is 4.68 Å². The number of nitrogens with one attached hydrogen (secondary N) is 1. The Balaban J connectivity index is 2.07. The van der Waals surface area contributed by atoms with E-state index in [-0.39, 0.29) is 0 Å². The maximum absolute atomic E-state index is 6.00. The Morgan fingerprint density at radius 1 is 1.48 bits per heavy atom. The van der Waals surface area contributed by atoms with Crippen LogP contribution in [0.15, 0.2) is 6.07 Å². The van der Waals surface area contributed by atoms with E-state index in [1.54, 1.807) is 0 Å². The van der Waals surface area contributed by atoms with Crippen LogP contribution in [0.25, 0.3) is 0 Å². The lowest BCUT2D eigenvalue weighted by molar-refractivity contribution is 0.0467. The summed E-state index contributed by atoms with van der Waals surface area (Å²) in [4.78, 5) is 0. The minimum Gasteiger partial charge on any atom is -0.375 e. The molecule has 1 aliphatic heterocycles. The van der Waals surface area contributed by atoms with Crippen LogP contribution < -0.4 is 5.32 Å². The molecular formula is C16H29N3OS. The van der Waals surface area contributed by atoms with Gasteiger partial charge in [0.1, 0.15) is 0 Å². The van der Waals surface area contributed by atoms with Gasteiger partial charge in [-0.05, 0) is 32.4 Å². The average Bonchev–Trinajstić information content (AvgIpc) is 2.94. The molecule has 2 unspecified atom stereocenters. The van der Waals surface area contributed by atoms with Crippen molar-refractivity contribution in [3.63, 3.8) is 0 Å². The zero-order valence-corrected chi connectivity index (χ0v) is 14.4. The molecule has 4 nitrogen and oxygen atoms in total. The van der Waals surface area contributed by atoms with Crippen molar-refractivity contribution in [1.29, 1.82) is 0 Å². The molecule has 120 valence electrons. The van der Waals surface area contributed by atoms with Crippen molar-refractivity contribution in [2.75, 3.05) is 24.7 Å². The molecule has 21 heavy (non-hydrogen) atoms. The van der Waals surface area contributed by atoms with Gasteiger partial charge in [0.25, 0.3) is 0 Å². The lowest BCUT2D eigenvalue weighted by Crippen LogP contribution is -2.46. The average molecular weight is 311 g/mol. The topological polar surface area (TPSA) is 39.1 Å². The molecule has 0 aliphatic carbocycles. The Kier molecular flexibility index (Phi) is 7.07. The summed E-state index contributed by atoms with van der Waals surface area (Å²) in [6.45, 7) is 9.42. The fourth-order valence-corrected chi connectivity index (χ4v) is 3.70. The minimum atomic E-state index is 0.320. The van der Waals surface area contributed by atoms with Crippen LogP contribution in [-0.4, -0.2) is 46.6 Å². The summed E-state index contributed by atoms with van der Waals surface area (Å²) in [6.07, 6.45) is 3.49. The lowest BCUT2D eigenvalue weighted by Gasteiger charge is -2.31. The number of rotatable bonds is 8. The highest BCUT2D eigenvalue weighted by molar-refractivity contribution is 7.99. The maximum atomic E-state index is 6.00. The predicted molar refractivity (Wildman–Crippen MR) is 90.1 cm³/mol. The summed E-state index contributed by atoms with van der Waals surface area (Å²) >= 11 is 2.01. The second-order valence-electron chi connectivity index (χ2n) is 5.55. The molecule has 2 atom stereocenters. The zero-order chi connectivity index (χ0) is 15.1. The van der Waals surface area contributed by atoms with E-state index in [4.69, 9.17) is 4.74 Å². The fraction of sp³-hybridized carbons (Fsp3) is 0.812. The molecule has 5 heteroatoms. The Morgan fingerprint density at radius 3 is 2.95 bits per heavy atom. The van der Waals surface area contributed by atoms with Crippen molar-refractivity contribution in [2.24, 2.45) is 0 Å². The van der Waals surface area contributed by atoms with Gasteiger partial charge in [0, 0.05) is 36.2 Å². The van der Waals surface area contributed by atoms with Gasteiger partial charge in [-0.2, -0.15) is 16.9 Å². The van der Waals surface area contributed by atoms with E-state index in [9.17, 15) is 0 Å². The smallest absolute Gasteiger partial charge is 0.0822 e. The maximum Gasteiger partial charge on any atom is 0.0822 e. The van der Waals surface area contributed by atoms with Crippen LogP contribution in [-0.2, 0) is 24.1 Å². The first-order valence-electron chi connectivity index (χ1n) is 8.26. The Morgan fingerprint density at radius 2 is 2.33 bits per heavy atom. The number of hydrogen-bond acceptors (Lipinski definition) is 4. The van der Waals surface area contributed by atoms with Crippen LogP contribution in [0.1, 0.15) is 38.6 Å². The van der Waals surface area contributed by atoms with Crippen molar-refractivity contribution in [1.82, 2.24) is 15.1 Å². The largest absolute Gasteiger partial charge is 0.375 e. The van der Waals surface area contributed by atoms with Gasteiger partial charge in [0.15, 0.2) is 0 Å². The SMILES string of the molecule is CCCNC(Cc1cc(CC)nn1CC)C1CSCCO1. The van der Waals surface area contributed by atoms with Gasteiger partial charge in [-0.15, -0.1) is 0 Å². The highest BCUT2D eigenvalue weighted by Crippen LogP contribution is 2.19. The predicted octanol–water partition coefficient (Wildman–Crippen LogP) is 2.51. The van der Waals surface area contributed by atoms with Crippen molar-refractivity contribution in [2.45, 2.75) is 58.7 Å². The quantitative estimate of drug-likeness (QED) is 0.801. The van der Waals surface area contributed by atoms with Crippen LogP contribution in [0, 0.1) is 0 Å². The Bertz CT molecular complexity index is 416. The van der Waals surface area contributed by atoms with E-state index >= 15 is 0 Å². The molecule has 0 spiro atoms. The number of thioether (sulfide) groups is 1. The number of aromatic nitrogens is 2. The van der Waals surface area contributed by atoms with E-state index in [1.807, 2.05) is 11.8 Å².